The maximum atomic E-state index is 15.6. The Morgan fingerprint density at radius 1 is 1.16 bits per heavy atom. The third kappa shape index (κ3) is 5.31. The summed E-state index contributed by atoms with van der Waals surface area (Å²) in [7, 11) is 0. The summed E-state index contributed by atoms with van der Waals surface area (Å²) >= 11 is 13.3. The molecule has 1 aliphatic rings. The van der Waals surface area contributed by atoms with Crippen molar-refractivity contribution >= 4 is 52.0 Å². The summed E-state index contributed by atoms with van der Waals surface area (Å²) in [5.41, 5.74) is 11.1. The van der Waals surface area contributed by atoms with Crippen LogP contribution in [0.1, 0.15) is 53.9 Å². The lowest BCUT2D eigenvalue weighted by atomic mass is 9.68. The van der Waals surface area contributed by atoms with Crippen LogP contribution in [0.15, 0.2) is 47.8 Å². The van der Waals surface area contributed by atoms with E-state index in [2.05, 4.69) is 10.6 Å². The van der Waals surface area contributed by atoms with Crippen LogP contribution in [0.2, 0.25) is 10.0 Å². The first-order chi connectivity index (χ1) is 17.7. The molecule has 1 fully saturated rings. The van der Waals surface area contributed by atoms with Crippen molar-refractivity contribution in [2.24, 2.45) is 16.9 Å². The second-order valence-corrected chi connectivity index (χ2v) is 12.4. The molecular formula is C27H28Cl2F2N4O2S. The highest BCUT2D eigenvalue weighted by atomic mass is 35.5. The number of anilines is 1. The van der Waals surface area contributed by atoms with E-state index < -0.39 is 47.0 Å². The Hall–Kier alpha value is -2.56. The fraction of sp³-hybridized carbons (Fsp3) is 0.333. The van der Waals surface area contributed by atoms with E-state index in [0.717, 1.165) is 17.4 Å². The molecule has 6 nitrogen and oxygen atoms in total. The quantitative estimate of drug-likeness (QED) is 0.296. The Kier molecular flexibility index (Phi) is 7.89. The summed E-state index contributed by atoms with van der Waals surface area (Å²) in [6.07, 6.45) is 0.416. The van der Waals surface area contributed by atoms with Gasteiger partial charge in [0.15, 0.2) is 0 Å². The molecule has 0 saturated carbocycles. The molecule has 0 radical (unpaired) electrons. The van der Waals surface area contributed by atoms with E-state index in [0.29, 0.717) is 6.42 Å². The monoisotopic (exact) mass is 580 g/mol. The summed E-state index contributed by atoms with van der Waals surface area (Å²) in [5, 5.41) is 7.63. The average Bonchev–Trinajstić information content (AvgIpc) is 3.38. The highest BCUT2D eigenvalue weighted by molar-refractivity contribution is 7.12. The van der Waals surface area contributed by atoms with Gasteiger partial charge >= 0.3 is 0 Å². The highest BCUT2D eigenvalue weighted by Crippen LogP contribution is 2.50. The van der Waals surface area contributed by atoms with Crippen LogP contribution in [0, 0.1) is 17.0 Å². The van der Waals surface area contributed by atoms with E-state index in [1.54, 1.807) is 17.5 Å². The maximum absolute atomic E-state index is 15.6. The lowest BCUT2D eigenvalue weighted by Gasteiger charge is -2.40. The van der Waals surface area contributed by atoms with E-state index in [1.165, 1.54) is 24.3 Å². The Morgan fingerprint density at radius 3 is 2.50 bits per heavy atom. The molecule has 4 atom stereocenters. The number of rotatable bonds is 6. The van der Waals surface area contributed by atoms with Crippen LogP contribution in [0.25, 0.3) is 0 Å². The number of halogens is 4. The second kappa shape index (κ2) is 10.5. The molecule has 38 heavy (non-hydrogen) atoms. The van der Waals surface area contributed by atoms with Gasteiger partial charge in [-0.2, -0.15) is 0 Å². The molecule has 0 spiro atoms. The van der Waals surface area contributed by atoms with Gasteiger partial charge in [-0.1, -0.05) is 62.2 Å². The minimum Gasteiger partial charge on any atom is -0.365 e. The Balaban J connectivity index is 1.92. The van der Waals surface area contributed by atoms with E-state index >= 15 is 8.78 Å². The first kappa shape index (κ1) is 28.4. The number of carbonyl (C=O) groups excluding carboxylic acids is 2. The fourth-order valence-corrected chi connectivity index (χ4v) is 6.26. The Labute approximate surface area is 233 Å². The summed E-state index contributed by atoms with van der Waals surface area (Å²) < 4.78 is 31.1. The van der Waals surface area contributed by atoms with Crippen LogP contribution in [-0.2, 0) is 10.3 Å². The standard InChI is InChI=1S/C27H28Cl2F2N4O2S/c1-26(2,3)12-19-27(33,15-8-7-13(28)11-17(15)30)20(14-5-4-6-16(29)21(14)31)22(35-19)25(37)34-18-9-10-38-23(18)24(32)36/h4-11,19-20,22,35H,12,33H2,1-3H3,(H2,32,36)(H,34,37)/t19-,20-,22+,27+/m0/s1. The summed E-state index contributed by atoms with van der Waals surface area (Å²) in [5.74, 6) is -3.82. The molecule has 0 bridgehead atoms. The van der Waals surface area contributed by atoms with Crippen LogP contribution in [0.3, 0.4) is 0 Å². The topological polar surface area (TPSA) is 110 Å². The second-order valence-electron chi connectivity index (χ2n) is 10.7. The van der Waals surface area contributed by atoms with Crippen LogP contribution >= 0.6 is 34.5 Å². The van der Waals surface area contributed by atoms with Crippen molar-refractivity contribution in [1.29, 1.82) is 0 Å². The number of amides is 2. The smallest absolute Gasteiger partial charge is 0.260 e. The lowest BCUT2D eigenvalue weighted by Crippen LogP contribution is -2.52. The minimum absolute atomic E-state index is 0.0545. The minimum atomic E-state index is -1.60. The number of hydrogen-bond donors (Lipinski definition) is 4. The van der Waals surface area contributed by atoms with Crippen molar-refractivity contribution in [3.05, 3.63) is 85.5 Å². The molecule has 1 aromatic heterocycles. The molecule has 3 aromatic rings. The zero-order valence-corrected chi connectivity index (χ0v) is 23.3. The van der Waals surface area contributed by atoms with Gasteiger partial charge in [0.2, 0.25) is 5.91 Å². The highest BCUT2D eigenvalue weighted by Gasteiger charge is 2.58. The van der Waals surface area contributed by atoms with Gasteiger partial charge < -0.3 is 22.1 Å². The van der Waals surface area contributed by atoms with Crippen molar-refractivity contribution in [2.45, 2.75) is 50.7 Å². The zero-order chi connectivity index (χ0) is 28.0. The molecule has 6 N–H and O–H groups in total. The third-order valence-corrected chi connectivity index (χ3v) is 8.22. The fourth-order valence-electron chi connectivity index (χ4n) is 5.21. The van der Waals surface area contributed by atoms with E-state index in [4.69, 9.17) is 34.7 Å². The summed E-state index contributed by atoms with van der Waals surface area (Å²) in [6.45, 7) is 5.96. The van der Waals surface area contributed by atoms with Crippen LogP contribution in [0.5, 0.6) is 0 Å². The molecule has 0 aliphatic carbocycles. The van der Waals surface area contributed by atoms with Crippen LogP contribution in [0.4, 0.5) is 14.5 Å². The van der Waals surface area contributed by atoms with E-state index in [1.807, 2.05) is 20.8 Å². The Morgan fingerprint density at radius 2 is 1.87 bits per heavy atom. The van der Waals surface area contributed by atoms with Gasteiger partial charge in [-0.25, -0.2) is 8.78 Å². The van der Waals surface area contributed by atoms with Gasteiger partial charge in [0, 0.05) is 22.5 Å². The van der Waals surface area contributed by atoms with Gasteiger partial charge in [-0.3, -0.25) is 9.59 Å². The first-order valence-corrected chi connectivity index (χ1v) is 13.5. The zero-order valence-electron chi connectivity index (χ0n) is 20.9. The van der Waals surface area contributed by atoms with Crippen molar-refractivity contribution < 1.29 is 18.4 Å². The van der Waals surface area contributed by atoms with E-state index in [9.17, 15) is 9.59 Å². The number of thiophene rings is 1. The van der Waals surface area contributed by atoms with Crippen molar-refractivity contribution in [3.63, 3.8) is 0 Å². The number of hydrogen-bond acceptors (Lipinski definition) is 5. The molecule has 202 valence electrons. The summed E-state index contributed by atoms with van der Waals surface area (Å²) in [4.78, 5) is 25.8. The number of nitrogens with one attached hydrogen (secondary N) is 2. The first-order valence-electron chi connectivity index (χ1n) is 11.9. The molecule has 2 heterocycles. The molecule has 0 unspecified atom stereocenters. The average molecular weight is 582 g/mol. The predicted molar refractivity (Wildman–Crippen MR) is 148 cm³/mol. The Bertz CT molecular complexity index is 1390. The predicted octanol–water partition coefficient (Wildman–Crippen LogP) is 5.79. The van der Waals surface area contributed by atoms with Gasteiger partial charge in [0.25, 0.3) is 5.91 Å². The molecular weight excluding hydrogens is 553 g/mol. The molecule has 1 aliphatic heterocycles. The van der Waals surface area contributed by atoms with Crippen molar-refractivity contribution in [1.82, 2.24) is 5.32 Å². The van der Waals surface area contributed by atoms with E-state index in [-0.39, 0.29) is 37.2 Å². The number of primary amides is 1. The molecule has 4 rings (SSSR count). The van der Waals surface area contributed by atoms with Crippen molar-refractivity contribution in [2.75, 3.05) is 5.32 Å². The van der Waals surface area contributed by atoms with Gasteiger partial charge in [0.1, 0.15) is 16.5 Å². The van der Waals surface area contributed by atoms with Gasteiger partial charge in [-0.15, -0.1) is 11.3 Å². The summed E-state index contributed by atoms with van der Waals surface area (Å²) in [6, 6.07) is 8.29. The van der Waals surface area contributed by atoms with Gasteiger partial charge in [-0.05, 0) is 47.0 Å². The SMILES string of the molecule is CC(C)(C)C[C@@H]1N[C@@H](C(=O)Nc2ccsc2C(N)=O)[C@H](c2cccc(Cl)c2F)[C@@]1(N)c1ccc(Cl)cc1F. The maximum Gasteiger partial charge on any atom is 0.260 e. The number of nitrogens with two attached hydrogens (primary N) is 2. The normalized spacial score (nSPS) is 23.4. The largest absolute Gasteiger partial charge is 0.365 e. The number of benzene rings is 2. The van der Waals surface area contributed by atoms with Crippen molar-refractivity contribution in [3.8, 4) is 0 Å². The third-order valence-electron chi connectivity index (χ3n) is 6.77. The lowest BCUT2D eigenvalue weighted by molar-refractivity contribution is -0.118. The van der Waals surface area contributed by atoms with Crippen LogP contribution < -0.4 is 22.1 Å². The molecule has 2 amide bonds. The van der Waals surface area contributed by atoms with Crippen LogP contribution in [-0.4, -0.2) is 23.9 Å². The number of carbonyl (C=O) groups is 2. The molecule has 2 aromatic carbocycles. The van der Waals surface area contributed by atoms with Gasteiger partial charge in [0.05, 0.1) is 22.3 Å². The molecule has 1 saturated heterocycles. The molecule has 11 heteroatoms.